The summed E-state index contributed by atoms with van der Waals surface area (Å²) in [7, 11) is 1.50. The lowest BCUT2D eigenvalue weighted by Gasteiger charge is -2.18. The van der Waals surface area contributed by atoms with Crippen molar-refractivity contribution < 1.29 is 18.0 Å². The third-order valence-electron chi connectivity index (χ3n) is 2.55. The second-order valence-electron chi connectivity index (χ2n) is 4.40. The molecule has 0 aliphatic heterocycles. The lowest BCUT2D eigenvalue weighted by Crippen LogP contribution is -2.38. The predicted octanol–water partition coefficient (Wildman–Crippen LogP) is 1.84. The fraction of sp³-hybridized carbons (Fsp3) is 0.333. The van der Waals surface area contributed by atoms with Crippen LogP contribution in [0.1, 0.15) is 12.7 Å². The number of ether oxygens (including phenoxy) is 1. The van der Waals surface area contributed by atoms with E-state index in [0.29, 0.717) is 0 Å². The fourth-order valence-corrected chi connectivity index (χ4v) is 1.57. The van der Waals surface area contributed by atoms with Gasteiger partial charge in [0.25, 0.3) is 5.89 Å². The second kappa shape index (κ2) is 5.02. The smallest absolute Gasteiger partial charge is 0.258 e. The zero-order valence-corrected chi connectivity index (χ0v) is 10.5. The predicted molar refractivity (Wildman–Crippen MR) is 63.1 cm³/mol. The Labute approximate surface area is 108 Å². The van der Waals surface area contributed by atoms with Gasteiger partial charge in [0.1, 0.15) is 5.54 Å². The van der Waals surface area contributed by atoms with E-state index in [0.717, 1.165) is 12.1 Å². The standard InChI is InChI=1S/C12H13F2N3O2/c1-12(15,6-18-2)11-16-10(19-17-11)7-3-4-8(13)9(14)5-7/h3-5H,6,15H2,1-2H3. The Bertz CT molecular complexity index is 584. The molecule has 5 nitrogen and oxygen atoms in total. The van der Waals surface area contributed by atoms with Crippen LogP contribution in [-0.2, 0) is 10.3 Å². The monoisotopic (exact) mass is 269 g/mol. The first-order valence-electron chi connectivity index (χ1n) is 5.51. The first kappa shape index (κ1) is 13.6. The van der Waals surface area contributed by atoms with Crippen LogP contribution in [-0.4, -0.2) is 23.9 Å². The maximum Gasteiger partial charge on any atom is 0.258 e. The SMILES string of the molecule is COCC(C)(N)c1noc(-c2ccc(F)c(F)c2)n1. The fourth-order valence-electron chi connectivity index (χ4n) is 1.57. The molecule has 2 rings (SSSR count). The van der Waals surface area contributed by atoms with Gasteiger partial charge in [-0.3, -0.25) is 0 Å². The Morgan fingerprint density at radius 3 is 2.74 bits per heavy atom. The number of aromatic nitrogens is 2. The highest BCUT2D eigenvalue weighted by atomic mass is 19.2. The lowest BCUT2D eigenvalue weighted by molar-refractivity contribution is 0.135. The minimum Gasteiger partial charge on any atom is -0.382 e. The van der Waals surface area contributed by atoms with Crippen molar-refractivity contribution in [3.05, 3.63) is 35.7 Å². The van der Waals surface area contributed by atoms with Crippen LogP contribution < -0.4 is 5.73 Å². The van der Waals surface area contributed by atoms with Crippen LogP contribution in [0, 0.1) is 11.6 Å². The summed E-state index contributed by atoms with van der Waals surface area (Å²) in [5.41, 5.74) is 5.31. The van der Waals surface area contributed by atoms with E-state index in [1.54, 1.807) is 6.92 Å². The first-order valence-corrected chi connectivity index (χ1v) is 5.51. The molecule has 0 aliphatic rings. The number of nitrogens with zero attached hydrogens (tertiary/aromatic N) is 2. The first-order chi connectivity index (χ1) is 8.94. The molecule has 0 amide bonds. The average Bonchev–Trinajstić information content (AvgIpc) is 2.83. The van der Waals surface area contributed by atoms with Crippen LogP contribution in [0.4, 0.5) is 8.78 Å². The van der Waals surface area contributed by atoms with E-state index >= 15 is 0 Å². The molecule has 2 aromatic rings. The van der Waals surface area contributed by atoms with E-state index in [1.807, 2.05) is 0 Å². The molecule has 2 N–H and O–H groups in total. The summed E-state index contributed by atoms with van der Waals surface area (Å²) in [5, 5.41) is 3.73. The minimum absolute atomic E-state index is 0.0710. The molecule has 0 aliphatic carbocycles. The van der Waals surface area contributed by atoms with Gasteiger partial charge in [-0.25, -0.2) is 8.78 Å². The normalized spacial score (nSPS) is 14.4. The van der Waals surface area contributed by atoms with Crippen molar-refractivity contribution >= 4 is 0 Å². The van der Waals surface area contributed by atoms with E-state index in [2.05, 4.69) is 10.1 Å². The third kappa shape index (κ3) is 2.77. The zero-order valence-electron chi connectivity index (χ0n) is 10.5. The van der Waals surface area contributed by atoms with Gasteiger partial charge in [0.05, 0.1) is 6.61 Å². The number of rotatable bonds is 4. The maximum atomic E-state index is 13.1. The topological polar surface area (TPSA) is 74.2 Å². The van der Waals surface area contributed by atoms with Gasteiger partial charge in [-0.15, -0.1) is 0 Å². The Morgan fingerprint density at radius 1 is 1.37 bits per heavy atom. The van der Waals surface area contributed by atoms with Gasteiger partial charge < -0.3 is 15.0 Å². The molecule has 0 spiro atoms. The highest BCUT2D eigenvalue weighted by Crippen LogP contribution is 2.22. The number of hydrogen-bond acceptors (Lipinski definition) is 5. The van der Waals surface area contributed by atoms with Gasteiger partial charge in [-0.05, 0) is 25.1 Å². The van der Waals surface area contributed by atoms with Crippen LogP contribution in [0.25, 0.3) is 11.5 Å². The Kier molecular flexibility index (Phi) is 3.59. The lowest BCUT2D eigenvalue weighted by atomic mass is 10.1. The average molecular weight is 269 g/mol. The van der Waals surface area contributed by atoms with Crippen LogP contribution in [0.15, 0.2) is 22.7 Å². The molecular formula is C12H13F2N3O2. The summed E-state index contributed by atoms with van der Waals surface area (Å²) < 4.78 is 35.9. The van der Waals surface area contributed by atoms with Gasteiger partial charge in [0.2, 0.25) is 0 Å². The molecule has 1 atom stereocenters. The number of nitrogens with two attached hydrogens (primary N) is 1. The summed E-state index contributed by atoms with van der Waals surface area (Å²) in [4.78, 5) is 4.07. The van der Waals surface area contributed by atoms with E-state index < -0.39 is 17.2 Å². The van der Waals surface area contributed by atoms with E-state index in [4.69, 9.17) is 15.0 Å². The van der Waals surface area contributed by atoms with Crippen molar-refractivity contribution in [1.29, 1.82) is 0 Å². The van der Waals surface area contributed by atoms with E-state index in [9.17, 15) is 8.78 Å². The van der Waals surface area contributed by atoms with Crippen molar-refractivity contribution in [3.63, 3.8) is 0 Å². The molecule has 0 radical (unpaired) electrons. The molecule has 1 heterocycles. The van der Waals surface area contributed by atoms with Gasteiger partial charge in [0.15, 0.2) is 17.5 Å². The van der Waals surface area contributed by atoms with Gasteiger partial charge in [-0.1, -0.05) is 5.16 Å². The van der Waals surface area contributed by atoms with Gasteiger partial charge in [-0.2, -0.15) is 4.98 Å². The highest BCUT2D eigenvalue weighted by Gasteiger charge is 2.27. The molecule has 1 aromatic carbocycles. The van der Waals surface area contributed by atoms with Crippen LogP contribution in [0.3, 0.4) is 0 Å². The molecule has 0 saturated heterocycles. The van der Waals surface area contributed by atoms with Gasteiger partial charge >= 0.3 is 0 Å². The maximum absolute atomic E-state index is 13.1. The van der Waals surface area contributed by atoms with Crippen molar-refractivity contribution in [2.24, 2.45) is 5.73 Å². The van der Waals surface area contributed by atoms with Crippen molar-refractivity contribution in [2.45, 2.75) is 12.5 Å². The van der Waals surface area contributed by atoms with E-state index in [1.165, 1.54) is 13.2 Å². The number of benzene rings is 1. The zero-order chi connectivity index (χ0) is 14.0. The number of hydrogen-bond donors (Lipinski definition) is 1. The Morgan fingerprint density at radius 2 is 2.11 bits per heavy atom. The van der Waals surface area contributed by atoms with Crippen LogP contribution in [0.5, 0.6) is 0 Å². The molecule has 1 aromatic heterocycles. The Balaban J connectivity index is 2.33. The summed E-state index contributed by atoms with van der Waals surface area (Å²) in [5.74, 6) is -1.62. The van der Waals surface area contributed by atoms with E-state index in [-0.39, 0.29) is 23.9 Å². The summed E-state index contributed by atoms with van der Waals surface area (Å²) in [6.07, 6.45) is 0. The summed E-state index contributed by atoms with van der Waals surface area (Å²) in [6, 6.07) is 3.32. The molecular weight excluding hydrogens is 256 g/mol. The summed E-state index contributed by atoms with van der Waals surface area (Å²) in [6.45, 7) is 1.88. The molecule has 19 heavy (non-hydrogen) atoms. The molecule has 1 unspecified atom stereocenters. The largest absolute Gasteiger partial charge is 0.382 e. The summed E-state index contributed by atoms with van der Waals surface area (Å²) >= 11 is 0. The number of halogens is 2. The molecule has 7 heteroatoms. The number of methoxy groups -OCH3 is 1. The minimum atomic E-state index is -0.982. The quantitative estimate of drug-likeness (QED) is 0.916. The molecule has 0 fully saturated rings. The van der Waals surface area contributed by atoms with Crippen LogP contribution >= 0.6 is 0 Å². The molecule has 0 bridgehead atoms. The molecule has 0 saturated carbocycles. The van der Waals surface area contributed by atoms with Crippen molar-refractivity contribution in [2.75, 3.05) is 13.7 Å². The highest BCUT2D eigenvalue weighted by molar-refractivity contribution is 5.52. The van der Waals surface area contributed by atoms with Crippen molar-refractivity contribution in [3.8, 4) is 11.5 Å². The van der Waals surface area contributed by atoms with Crippen LogP contribution in [0.2, 0.25) is 0 Å². The second-order valence-corrected chi connectivity index (χ2v) is 4.40. The van der Waals surface area contributed by atoms with Crippen molar-refractivity contribution in [1.82, 2.24) is 10.1 Å². The Hall–Kier alpha value is -1.86. The third-order valence-corrected chi connectivity index (χ3v) is 2.55. The molecule has 102 valence electrons. The van der Waals surface area contributed by atoms with Gasteiger partial charge in [0, 0.05) is 12.7 Å².